The van der Waals surface area contributed by atoms with Crippen LogP contribution in [0.25, 0.3) is 10.9 Å². The first-order valence-corrected chi connectivity index (χ1v) is 39.0. The van der Waals surface area contributed by atoms with Crippen molar-refractivity contribution in [2.24, 2.45) is 39.4 Å². The number of rotatable bonds is 28. The van der Waals surface area contributed by atoms with E-state index in [4.69, 9.17) is 34.4 Å². The van der Waals surface area contributed by atoms with Crippen LogP contribution in [0.4, 0.5) is 4.79 Å². The summed E-state index contributed by atoms with van der Waals surface area (Å²) in [6.45, 7) is 1.88. The molecule has 26 N–H and O–H groups in total. The fourth-order valence-electron chi connectivity index (χ4n) is 12.8. The van der Waals surface area contributed by atoms with Crippen molar-refractivity contribution in [2.45, 2.75) is 200 Å². The zero-order valence-electron chi connectivity index (χ0n) is 60.7. The van der Waals surface area contributed by atoms with Gasteiger partial charge in [-0.3, -0.25) is 67.8 Å². The third-order valence-corrected chi connectivity index (χ3v) is 21.2. The second kappa shape index (κ2) is 43.8. The third-order valence-electron chi connectivity index (χ3n) is 18.7. The summed E-state index contributed by atoms with van der Waals surface area (Å²) in [5.41, 5.74) is 34.6. The molecule has 4 aromatic rings. The second-order valence-corrected chi connectivity index (χ2v) is 29.5. The minimum atomic E-state index is -2.11. The number of aliphatic imine (C=N–C) groups is 1. The molecule has 590 valence electrons. The highest BCUT2D eigenvalue weighted by molar-refractivity contribution is 8.77. The van der Waals surface area contributed by atoms with Crippen LogP contribution in [0.15, 0.2) is 78.3 Å². The zero-order chi connectivity index (χ0) is 78.1. The van der Waals surface area contributed by atoms with Crippen LogP contribution in [0.1, 0.15) is 126 Å². The lowest BCUT2D eigenvalue weighted by Gasteiger charge is -2.36. The van der Waals surface area contributed by atoms with Gasteiger partial charge in [0.1, 0.15) is 60.0 Å². The van der Waals surface area contributed by atoms with Gasteiger partial charge in [-0.15, -0.1) is 0 Å². The Morgan fingerprint density at radius 3 is 1.81 bits per heavy atom. The molecule has 2 aromatic heterocycles. The number of aromatic nitrogens is 3. The van der Waals surface area contributed by atoms with E-state index in [2.05, 4.69) is 83.7 Å². The largest absolute Gasteiger partial charge is 0.370 e. The average Bonchev–Trinajstić information content (AvgIpc) is 1.46. The Hall–Kier alpha value is -9.89. The lowest BCUT2D eigenvalue weighted by Crippen LogP contribution is -2.68. The van der Waals surface area contributed by atoms with Crippen molar-refractivity contribution in [3.8, 4) is 0 Å². The van der Waals surface area contributed by atoms with Gasteiger partial charge < -0.3 is 108 Å². The highest BCUT2D eigenvalue weighted by Crippen LogP contribution is 2.31. The topological polar surface area (TPSA) is 582 Å². The molecule has 3 saturated heterocycles. The van der Waals surface area contributed by atoms with Crippen LogP contribution in [0, 0.1) is 0 Å². The number of para-hydroxylation sites is 1. The predicted octanol–water partition coefficient (Wildman–Crippen LogP) is -3.09. The molecular formula is C70H105N23O13S2. The molecule has 2 aromatic carbocycles. The van der Waals surface area contributed by atoms with E-state index in [0.29, 0.717) is 76.9 Å². The molecule has 12 atom stereocenters. The van der Waals surface area contributed by atoms with E-state index in [-0.39, 0.29) is 135 Å². The van der Waals surface area contributed by atoms with Crippen molar-refractivity contribution in [1.82, 2.24) is 83.7 Å². The smallest absolute Gasteiger partial charge is 0.312 e. The van der Waals surface area contributed by atoms with Gasteiger partial charge in [0.25, 0.3) is 5.91 Å². The number of nitrogens with two attached hydrogens (primary N) is 6. The van der Waals surface area contributed by atoms with Gasteiger partial charge in [0.15, 0.2) is 17.6 Å². The summed E-state index contributed by atoms with van der Waals surface area (Å²) < 4.78 is 0. The summed E-state index contributed by atoms with van der Waals surface area (Å²) in [6, 6.07) is 0.184. The molecule has 13 amide bonds. The van der Waals surface area contributed by atoms with Gasteiger partial charge in [0, 0.05) is 73.6 Å². The van der Waals surface area contributed by atoms with E-state index >= 15 is 38.4 Å². The summed E-state index contributed by atoms with van der Waals surface area (Å²) >= 11 is 0. The van der Waals surface area contributed by atoms with Gasteiger partial charge in [0.2, 0.25) is 59.1 Å². The Labute approximate surface area is 633 Å². The Kier molecular flexibility index (Phi) is 34.6. The van der Waals surface area contributed by atoms with Crippen molar-refractivity contribution < 1.29 is 62.3 Å². The molecule has 2 bridgehead atoms. The molecule has 38 heteroatoms. The number of nitrogens with one attached hydrogen (secondary N) is 14. The van der Waals surface area contributed by atoms with Crippen LogP contribution in [0.5, 0.6) is 0 Å². The maximum Gasteiger partial charge on any atom is 0.312 e. The monoisotopic (exact) mass is 1540 g/mol. The normalized spacial score (nSPS) is 25.2. The van der Waals surface area contributed by atoms with E-state index in [9.17, 15) is 24.0 Å². The molecule has 36 nitrogen and oxygen atoms in total. The number of hydrogen-bond acceptors (Lipinski definition) is 21. The van der Waals surface area contributed by atoms with Gasteiger partial charge in [-0.25, -0.2) is 9.78 Å². The van der Waals surface area contributed by atoms with Gasteiger partial charge in [-0.2, -0.15) is 0 Å². The SMILES string of the molecule is C[C@@H]1NC(=O)[C@@H]2CSS[C@H](NC(=O)[C@H](CCCN=C(N)N)N[C@](C=O)(CCCCN)NC(=O)[C@H](CCCCN)NC(=O)[C@H](CCCCN)NC1=O)C(=O)N1CCC[C@H]1C(=O)N[C@@H](Cc1cnc[nH]1)C(=O)N[C@H](Cc1ccccc1)C(=O)N[C@@H](CCCCNC(N)=O)C(=O)N[C@@H](Cc1c[nH]c3ccccc13)C(=O)N2. The maximum absolute atomic E-state index is 15.7. The number of aldehydes is 1. The number of H-pyrrole nitrogens is 2. The summed E-state index contributed by atoms with van der Waals surface area (Å²) in [5.74, 6) is -10.5. The second-order valence-electron chi connectivity index (χ2n) is 27.0. The Morgan fingerprint density at radius 2 is 1.17 bits per heavy atom. The number of carbonyl (C=O) groups excluding carboxylic acids is 13. The van der Waals surface area contributed by atoms with E-state index < -0.39 is 148 Å². The Balaban J connectivity index is 1.41. The highest BCUT2D eigenvalue weighted by atomic mass is 33.1. The number of aromatic amines is 2. The molecule has 0 spiro atoms. The first-order chi connectivity index (χ1) is 51.9. The minimum Gasteiger partial charge on any atom is -0.370 e. The molecule has 0 radical (unpaired) electrons. The predicted molar refractivity (Wildman–Crippen MR) is 406 cm³/mol. The molecule has 3 fully saturated rings. The van der Waals surface area contributed by atoms with Gasteiger partial charge >= 0.3 is 6.03 Å². The number of unbranched alkanes of at least 4 members (excludes halogenated alkanes) is 4. The summed E-state index contributed by atoms with van der Waals surface area (Å²) in [6.07, 6.45) is 6.41. The summed E-state index contributed by atoms with van der Waals surface area (Å²) in [7, 11) is 1.50. The van der Waals surface area contributed by atoms with Crippen molar-refractivity contribution in [2.75, 3.05) is 45.0 Å². The molecule has 3 aliphatic heterocycles. The molecule has 7 rings (SSSR count). The molecule has 5 heterocycles. The van der Waals surface area contributed by atoms with Crippen molar-refractivity contribution in [1.29, 1.82) is 0 Å². The number of primary amides is 1. The van der Waals surface area contributed by atoms with Crippen LogP contribution in [0.2, 0.25) is 0 Å². The molecular weight excluding hydrogens is 1440 g/mol. The quantitative estimate of drug-likeness (QED) is 0.00881. The van der Waals surface area contributed by atoms with Crippen LogP contribution >= 0.6 is 21.6 Å². The zero-order valence-corrected chi connectivity index (χ0v) is 62.3. The number of amides is 13. The van der Waals surface area contributed by atoms with Gasteiger partial charge in [-0.1, -0.05) is 70.1 Å². The number of benzene rings is 2. The highest BCUT2D eigenvalue weighted by Gasteiger charge is 2.44. The van der Waals surface area contributed by atoms with Crippen molar-refractivity contribution in [3.05, 3.63) is 90.1 Å². The average molecular weight is 1540 g/mol. The number of carbonyl (C=O) groups is 13. The van der Waals surface area contributed by atoms with Crippen LogP contribution in [0.3, 0.4) is 0 Å². The lowest BCUT2D eigenvalue weighted by atomic mass is 9.98. The fourth-order valence-corrected chi connectivity index (χ4v) is 15.2. The number of nitrogens with zero attached hydrogens (tertiary/aromatic N) is 3. The Bertz CT molecular complexity index is 3720. The first-order valence-electron chi connectivity index (χ1n) is 36.6. The van der Waals surface area contributed by atoms with E-state index in [1.165, 1.54) is 24.3 Å². The lowest BCUT2D eigenvalue weighted by molar-refractivity contribution is -0.141. The van der Waals surface area contributed by atoms with Crippen molar-refractivity contribution in [3.63, 3.8) is 0 Å². The number of guanidine groups is 1. The number of urea groups is 1. The molecule has 0 aliphatic carbocycles. The van der Waals surface area contributed by atoms with E-state index in [1.807, 2.05) is 0 Å². The van der Waals surface area contributed by atoms with Crippen LogP contribution < -0.4 is 98.2 Å². The first kappa shape index (κ1) is 85.4. The van der Waals surface area contributed by atoms with Gasteiger partial charge in [0.05, 0.1) is 12.4 Å². The van der Waals surface area contributed by atoms with E-state index in [1.54, 1.807) is 60.8 Å². The van der Waals surface area contributed by atoms with Crippen molar-refractivity contribution >= 4 is 116 Å². The number of fused-ring (bicyclic) bond motifs is 6. The maximum atomic E-state index is 15.7. The van der Waals surface area contributed by atoms with Crippen LogP contribution in [-0.2, 0) is 76.8 Å². The summed E-state index contributed by atoms with van der Waals surface area (Å²) in [5, 5.41) is 32.3. The van der Waals surface area contributed by atoms with Crippen LogP contribution in [-0.4, -0.2) is 220 Å². The molecule has 3 aliphatic rings. The standard InChI is InChI=1S/C70H105N23O13S2/c1-41-56(95)83-47(21-7-11-27-71)57(96)85-49(22-8-12-28-72)64(103)92-70(39-94,26-10-13-29-73)91-50(24-15-31-78-68(74)75)59(98)90-66-67(105)93-32-16-25-55(93)65(104)88-53(35-44-37-77-40-81-44)62(101)86-51(33-42-17-3-2-4-18-42)60(99)84-48(23-9-14-30-79-69(76)106)58(97)87-52(34-43-36-80-46-20-6-5-19-45(43)46)61(100)89-54(38-107-108-66)63(102)82-41/h2-6,17-20,36-37,39-41,47-55,66,80,91H,7-16,21-35,38,71-73H2,1H3,(H,77,81)(H,82,102)(H,83,95)(H,84,99)(H,85,96)(H,86,101)(H,87,97)(H,88,104)(H,89,100)(H,90,98)(H,92,103)(H4,74,75,78)(H3,76,79,106)/t41-,47-,48-,49-,50-,51+,52-,53-,54-,55-,66-,70+/m0/s1. The third kappa shape index (κ3) is 26.5. The summed E-state index contributed by atoms with van der Waals surface area (Å²) in [4.78, 5) is 208. The number of hydrogen-bond donors (Lipinski definition) is 20. The molecule has 0 saturated carbocycles. The Morgan fingerprint density at radius 1 is 0.602 bits per heavy atom. The molecule has 108 heavy (non-hydrogen) atoms. The number of imidazole rings is 1. The van der Waals surface area contributed by atoms with E-state index in [0.717, 1.165) is 10.8 Å². The molecule has 0 unspecified atom stereocenters. The van der Waals surface area contributed by atoms with Gasteiger partial charge in [-0.05, 0) is 146 Å². The minimum absolute atomic E-state index is 0.00463. The fraction of sp³-hybridized carbons (Fsp3) is 0.557.